The van der Waals surface area contributed by atoms with Gasteiger partial charge in [0.05, 0.1) is 6.61 Å². The molecule has 0 aliphatic rings. The second-order valence-electron chi connectivity index (χ2n) is 7.91. The van der Waals surface area contributed by atoms with E-state index < -0.39 is 5.97 Å². The Balaban J connectivity index is 0. The summed E-state index contributed by atoms with van der Waals surface area (Å²) in [4.78, 5) is 20.5. The van der Waals surface area contributed by atoms with Crippen LogP contribution in [0.15, 0.2) is 0 Å². The van der Waals surface area contributed by atoms with Gasteiger partial charge in [-0.3, -0.25) is 9.59 Å². The summed E-state index contributed by atoms with van der Waals surface area (Å²) in [7, 11) is 0. The van der Waals surface area contributed by atoms with E-state index in [1.54, 1.807) is 0 Å². The van der Waals surface area contributed by atoms with Crippen LogP contribution in [0.5, 0.6) is 0 Å². The second kappa shape index (κ2) is 27.9. The highest BCUT2D eigenvalue weighted by atomic mass is 16.5. The molecule has 0 saturated carbocycles. The summed E-state index contributed by atoms with van der Waals surface area (Å²) in [5.41, 5.74) is 0. The van der Waals surface area contributed by atoms with Gasteiger partial charge in [0, 0.05) is 26.4 Å². The predicted octanol–water partition coefficient (Wildman–Crippen LogP) is 5.46. The third-order valence-electron chi connectivity index (χ3n) is 4.81. The van der Waals surface area contributed by atoms with Crippen molar-refractivity contribution >= 4 is 11.9 Å². The Morgan fingerprint density at radius 2 is 1.13 bits per heavy atom. The molecule has 0 aromatic carbocycles. The number of ether oxygens (including phenoxy) is 1. The minimum absolute atomic E-state index is 0.0921. The third kappa shape index (κ3) is 34.4. The van der Waals surface area contributed by atoms with E-state index in [0.717, 1.165) is 19.8 Å². The smallest absolute Gasteiger partial charge is 0.305 e. The Morgan fingerprint density at radius 3 is 1.53 bits per heavy atom. The number of hydrogen-bond acceptors (Lipinski definition) is 5. The van der Waals surface area contributed by atoms with Crippen LogP contribution in [0.3, 0.4) is 0 Å². The molecule has 0 aromatic heterocycles. The van der Waals surface area contributed by atoms with Gasteiger partial charge >= 0.3 is 5.97 Å². The highest BCUT2D eigenvalue weighted by Crippen LogP contribution is 2.13. The van der Waals surface area contributed by atoms with Crippen LogP contribution in [0, 0.1) is 0 Å². The number of aliphatic hydroxyl groups is 1. The molecule has 0 spiro atoms. The molecule has 0 aromatic rings. The maximum atomic E-state index is 11.5. The van der Waals surface area contributed by atoms with Gasteiger partial charge in [0.25, 0.3) is 5.97 Å². The maximum Gasteiger partial charge on any atom is 0.305 e. The Hall–Kier alpha value is -1.14. The van der Waals surface area contributed by atoms with E-state index in [0.29, 0.717) is 26.1 Å². The van der Waals surface area contributed by atoms with Gasteiger partial charge in [-0.1, -0.05) is 96.8 Å². The molecule has 0 fully saturated rings. The largest absolute Gasteiger partial charge is 0.481 e. The van der Waals surface area contributed by atoms with E-state index in [9.17, 15) is 4.79 Å². The highest BCUT2D eigenvalue weighted by Gasteiger charge is 2.02. The number of rotatable bonds is 21. The van der Waals surface area contributed by atoms with Crippen molar-refractivity contribution in [3.05, 3.63) is 0 Å². The summed E-state index contributed by atoms with van der Waals surface area (Å²) >= 11 is 0. The fourth-order valence-electron chi connectivity index (χ4n) is 3.15. The lowest BCUT2D eigenvalue weighted by molar-refractivity contribution is -0.143. The summed E-state index contributed by atoms with van der Waals surface area (Å²) in [5.74, 6) is -0.925. The molecule has 0 amide bonds. The number of aliphatic carboxylic acids is 1. The number of carbonyl (C=O) groups excluding carboxylic acids is 1. The molecule has 180 valence electrons. The van der Waals surface area contributed by atoms with Gasteiger partial charge in [-0.2, -0.15) is 0 Å². The van der Waals surface area contributed by atoms with Crippen molar-refractivity contribution in [1.29, 1.82) is 0 Å². The van der Waals surface area contributed by atoms with Crippen LogP contribution in [0.4, 0.5) is 0 Å². The van der Waals surface area contributed by atoms with Crippen LogP contribution in [0.25, 0.3) is 0 Å². The molecule has 0 atom stereocenters. The zero-order chi connectivity index (χ0) is 22.7. The molecule has 0 rings (SSSR count). The number of unbranched alkanes of at least 4 members (excludes halogenated alkanes) is 14. The Bertz CT molecular complexity index is 360. The predicted molar refractivity (Wildman–Crippen MR) is 124 cm³/mol. The minimum Gasteiger partial charge on any atom is -0.481 e. The van der Waals surface area contributed by atoms with Crippen LogP contribution in [0.1, 0.15) is 117 Å². The quantitative estimate of drug-likeness (QED) is 0.165. The average molecular weight is 432 g/mol. The summed E-state index contributed by atoms with van der Waals surface area (Å²) < 4.78 is 5.12. The highest BCUT2D eigenvalue weighted by molar-refractivity contribution is 5.69. The first-order chi connectivity index (χ1) is 14.5. The maximum absolute atomic E-state index is 11.5. The van der Waals surface area contributed by atoms with Crippen molar-refractivity contribution in [2.75, 3.05) is 26.3 Å². The van der Waals surface area contributed by atoms with Gasteiger partial charge in [0.2, 0.25) is 0 Å². The number of nitrogens with one attached hydrogen (secondary N) is 1. The number of carboxylic acid groups (broad SMARTS) is 1. The summed E-state index contributed by atoms with van der Waals surface area (Å²) in [6, 6.07) is 0. The van der Waals surface area contributed by atoms with Gasteiger partial charge in [-0.15, -0.1) is 0 Å². The molecule has 3 N–H and O–H groups in total. The topological polar surface area (TPSA) is 95.9 Å². The van der Waals surface area contributed by atoms with E-state index in [2.05, 4.69) is 12.2 Å². The zero-order valence-corrected chi connectivity index (χ0v) is 19.8. The molecule has 0 aliphatic heterocycles. The van der Waals surface area contributed by atoms with Crippen molar-refractivity contribution < 1.29 is 24.5 Å². The number of carbonyl (C=O) groups is 2. The monoisotopic (exact) mass is 431 g/mol. The first-order valence-electron chi connectivity index (χ1n) is 12.2. The zero-order valence-electron chi connectivity index (χ0n) is 19.8. The standard InChI is InChI=1S/C22H45NO3.C2H4O2/c1-2-3-4-5-6-7-8-9-10-11-12-13-14-15-16-17-22(25)26-21-19-23-18-20-24;1-2(3)4/h23-24H,2-21H2,1H3;1H3,(H,3,4). The average Bonchev–Trinajstić information content (AvgIpc) is 2.70. The second-order valence-corrected chi connectivity index (χ2v) is 7.91. The van der Waals surface area contributed by atoms with Gasteiger partial charge in [-0.05, 0) is 6.42 Å². The van der Waals surface area contributed by atoms with Crippen molar-refractivity contribution in [2.45, 2.75) is 117 Å². The summed E-state index contributed by atoms with van der Waals surface area (Å²) in [6.07, 6.45) is 20.6. The minimum atomic E-state index is -0.833. The van der Waals surface area contributed by atoms with Crippen LogP contribution in [0.2, 0.25) is 0 Å². The molecule has 6 nitrogen and oxygen atoms in total. The lowest BCUT2D eigenvalue weighted by atomic mass is 10.0. The number of esters is 1. The molecule has 0 bridgehead atoms. The third-order valence-corrected chi connectivity index (χ3v) is 4.81. The Kier molecular flexibility index (Phi) is 28.8. The number of carboxylic acids is 1. The van der Waals surface area contributed by atoms with Crippen LogP contribution < -0.4 is 5.32 Å². The van der Waals surface area contributed by atoms with Crippen LogP contribution in [-0.4, -0.2) is 48.5 Å². The first kappa shape index (κ1) is 31.0. The SMILES string of the molecule is CC(=O)O.CCCCCCCCCCCCCCCCCC(=O)OCCNCCO. The van der Waals surface area contributed by atoms with Crippen molar-refractivity contribution in [3.63, 3.8) is 0 Å². The summed E-state index contributed by atoms with van der Waals surface area (Å²) in [5, 5.41) is 19.0. The molecule has 0 saturated heterocycles. The van der Waals surface area contributed by atoms with Gasteiger partial charge in [-0.25, -0.2) is 0 Å². The van der Waals surface area contributed by atoms with E-state index >= 15 is 0 Å². The first-order valence-corrected chi connectivity index (χ1v) is 12.2. The number of aliphatic hydroxyl groups excluding tert-OH is 1. The molecule has 0 unspecified atom stereocenters. The van der Waals surface area contributed by atoms with Crippen molar-refractivity contribution in [2.24, 2.45) is 0 Å². The molecule has 0 radical (unpaired) electrons. The molecular formula is C24H49NO5. The van der Waals surface area contributed by atoms with E-state index in [1.165, 1.54) is 83.5 Å². The van der Waals surface area contributed by atoms with Gasteiger partial charge in [0.15, 0.2) is 0 Å². The lowest BCUT2D eigenvalue weighted by Crippen LogP contribution is -2.24. The fourth-order valence-corrected chi connectivity index (χ4v) is 3.15. The Labute approximate surface area is 185 Å². The molecule has 6 heteroatoms. The van der Waals surface area contributed by atoms with E-state index in [-0.39, 0.29) is 12.6 Å². The van der Waals surface area contributed by atoms with E-state index in [1.807, 2.05) is 0 Å². The fraction of sp³-hybridized carbons (Fsp3) is 0.917. The molecule has 0 aliphatic carbocycles. The van der Waals surface area contributed by atoms with E-state index in [4.69, 9.17) is 19.7 Å². The van der Waals surface area contributed by atoms with Gasteiger partial charge in [0.1, 0.15) is 6.61 Å². The normalized spacial score (nSPS) is 10.4. The molecular weight excluding hydrogens is 382 g/mol. The summed E-state index contributed by atoms with van der Waals surface area (Å²) in [6.45, 7) is 5.04. The van der Waals surface area contributed by atoms with Crippen molar-refractivity contribution in [1.82, 2.24) is 5.32 Å². The van der Waals surface area contributed by atoms with Gasteiger partial charge < -0.3 is 20.3 Å². The molecule has 30 heavy (non-hydrogen) atoms. The lowest BCUT2D eigenvalue weighted by Gasteiger charge is -2.06. The van der Waals surface area contributed by atoms with Crippen LogP contribution >= 0.6 is 0 Å². The van der Waals surface area contributed by atoms with Crippen molar-refractivity contribution in [3.8, 4) is 0 Å². The van der Waals surface area contributed by atoms with Crippen LogP contribution in [-0.2, 0) is 14.3 Å². The molecule has 0 heterocycles. The Morgan fingerprint density at radius 1 is 0.733 bits per heavy atom. The number of hydrogen-bond donors (Lipinski definition) is 3.